The van der Waals surface area contributed by atoms with Gasteiger partial charge < -0.3 is 14.2 Å². The maximum Gasteiger partial charge on any atom is 0.170 e. The fraction of sp³-hybridized carbons (Fsp3) is 0.471. The number of hydrogen-bond acceptors (Lipinski definition) is 4. The lowest BCUT2D eigenvalue weighted by atomic mass is 9.95. The number of carbonyl (C=O) groups excluding carboxylic acids is 1. The van der Waals surface area contributed by atoms with Gasteiger partial charge in [0, 0.05) is 12.5 Å². The molecule has 0 saturated heterocycles. The fourth-order valence-corrected chi connectivity index (χ4v) is 2.42. The van der Waals surface area contributed by atoms with E-state index in [0.717, 1.165) is 12.0 Å². The second kappa shape index (κ2) is 5.80. The van der Waals surface area contributed by atoms with E-state index in [1.54, 1.807) is 20.3 Å². The summed E-state index contributed by atoms with van der Waals surface area (Å²) in [5.74, 6) is 1.72. The van der Waals surface area contributed by atoms with E-state index in [1.807, 2.05) is 32.9 Å². The molecule has 1 aliphatic heterocycles. The van der Waals surface area contributed by atoms with Crippen molar-refractivity contribution in [1.29, 1.82) is 0 Å². The molecule has 0 N–H and O–H groups in total. The molecule has 1 heterocycles. The first-order valence-electron chi connectivity index (χ1n) is 7.14. The number of benzene rings is 1. The first-order chi connectivity index (χ1) is 9.93. The average molecular weight is 290 g/mol. The van der Waals surface area contributed by atoms with Crippen molar-refractivity contribution in [2.24, 2.45) is 0 Å². The summed E-state index contributed by atoms with van der Waals surface area (Å²) in [6.45, 7) is 5.88. The van der Waals surface area contributed by atoms with Gasteiger partial charge in [-0.05, 0) is 32.4 Å². The van der Waals surface area contributed by atoms with Gasteiger partial charge in [0.25, 0.3) is 0 Å². The van der Waals surface area contributed by atoms with Gasteiger partial charge in [0.2, 0.25) is 0 Å². The molecular weight excluding hydrogens is 268 g/mol. The number of hydrogen-bond donors (Lipinski definition) is 0. The molecule has 0 unspecified atom stereocenters. The lowest BCUT2D eigenvalue weighted by Crippen LogP contribution is -2.29. The molecule has 2 rings (SSSR count). The van der Waals surface area contributed by atoms with Crippen LogP contribution in [0.25, 0.3) is 6.08 Å². The highest BCUT2D eigenvalue weighted by atomic mass is 16.5. The first-order valence-corrected chi connectivity index (χ1v) is 7.14. The Balaban J connectivity index is 2.69. The number of ether oxygens (including phenoxy) is 3. The molecule has 0 aliphatic carbocycles. The SMILES string of the molecule is CCCC(=O)c1c(OC)cc(OC)c2c1OC(C)(C)C=C2. The van der Waals surface area contributed by atoms with Crippen LogP contribution >= 0.6 is 0 Å². The Bertz CT molecular complexity index is 585. The molecule has 114 valence electrons. The van der Waals surface area contributed by atoms with E-state index in [2.05, 4.69) is 0 Å². The minimum absolute atomic E-state index is 0.0272. The number of carbonyl (C=O) groups is 1. The van der Waals surface area contributed by atoms with Crippen molar-refractivity contribution in [3.8, 4) is 17.2 Å². The molecule has 1 aliphatic rings. The van der Waals surface area contributed by atoms with Crippen LogP contribution in [0.15, 0.2) is 12.1 Å². The van der Waals surface area contributed by atoms with Crippen molar-refractivity contribution in [3.05, 3.63) is 23.3 Å². The van der Waals surface area contributed by atoms with E-state index in [-0.39, 0.29) is 5.78 Å². The van der Waals surface area contributed by atoms with Crippen LogP contribution in [0.2, 0.25) is 0 Å². The number of fused-ring (bicyclic) bond motifs is 1. The topological polar surface area (TPSA) is 44.8 Å². The fourth-order valence-electron chi connectivity index (χ4n) is 2.42. The predicted octanol–water partition coefficient (Wildman–Crippen LogP) is 3.87. The maximum absolute atomic E-state index is 12.5. The van der Waals surface area contributed by atoms with Crippen LogP contribution in [0, 0.1) is 0 Å². The van der Waals surface area contributed by atoms with Gasteiger partial charge in [-0.15, -0.1) is 0 Å². The summed E-state index contributed by atoms with van der Waals surface area (Å²) >= 11 is 0. The second-order valence-electron chi connectivity index (χ2n) is 5.61. The van der Waals surface area contributed by atoms with Gasteiger partial charge in [-0.2, -0.15) is 0 Å². The van der Waals surface area contributed by atoms with Gasteiger partial charge in [0.1, 0.15) is 28.4 Å². The van der Waals surface area contributed by atoms with Gasteiger partial charge >= 0.3 is 0 Å². The summed E-state index contributed by atoms with van der Waals surface area (Å²) < 4.78 is 16.8. The molecule has 4 heteroatoms. The Morgan fingerprint density at radius 1 is 1.24 bits per heavy atom. The third-order valence-corrected chi connectivity index (χ3v) is 3.46. The first kappa shape index (κ1) is 15.4. The van der Waals surface area contributed by atoms with Crippen molar-refractivity contribution in [2.75, 3.05) is 14.2 Å². The standard InChI is InChI=1S/C17H22O4/c1-6-7-12(18)15-14(20-5)10-13(19-4)11-8-9-17(2,3)21-16(11)15/h8-10H,6-7H2,1-5H3. The molecule has 0 bridgehead atoms. The van der Waals surface area contributed by atoms with Crippen LogP contribution < -0.4 is 14.2 Å². The Labute approximate surface area is 125 Å². The summed E-state index contributed by atoms with van der Waals surface area (Å²) in [5, 5.41) is 0. The third kappa shape index (κ3) is 2.89. The maximum atomic E-state index is 12.5. The Morgan fingerprint density at radius 2 is 1.90 bits per heavy atom. The Kier molecular flexibility index (Phi) is 4.26. The zero-order valence-electron chi connectivity index (χ0n) is 13.3. The van der Waals surface area contributed by atoms with E-state index in [4.69, 9.17) is 14.2 Å². The van der Waals surface area contributed by atoms with E-state index >= 15 is 0 Å². The zero-order valence-corrected chi connectivity index (χ0v) is 13.3. The van der Waals surface area contributed by atoms with Crippen molar-refractivity contribution in [2.45, 2.75) is 39.2 Å². The van der Waals surface area contributed by atoms with E-state index < -0.39 is 5.60 Å². The molecule has 21 heavy (non-hydrogen) atoms. The summed E-state index contributed by atoms with van der Waals surface area (Å²) in [6, 6.07) is 1.74. The van der Waals surface area contributed by atoms with Crippen LogP contribution in [0.5, 0.6) is 17.2 Å². The molecule has 0 spiro atoms. The van der Waals surface area contributed by atoms with E-state index in [9.17, 15) is 4.79 Å². The van der Waals surface area contributed by atoms with Crippen LogP contribution in [0.4, 0.5) is 0 Å². The van der Waals surface area contributed by atoms with Gasteiger partial charge in [-0.25, -0.2) is 0 Å². The normalized spacial score (nSPS) is 15.1. The molecule has 0 fully saturated rings. The molecule has 1 aromatic carbocycles. The van der Waals surface area contributed by atoms with Gasteiger partial charge in [-0.1, -0.05) is 6.92 Å². The number of ketones is 1. The molecule has 0 amide bonds. The summed E-state index contributed by atoms with van der Waals surface area (Å²) in [6.07, 6.45) is 5.14. The summed E-state index contributed by atoms with van der Waals surface area (Å²) in [4.78, 5) is 12.5. The monoisotopic (exact) mass is 290 g/mol. The van der Waals surface area contributed by atoms with E-state index in [1.165, 1.54) is 0 Å². The van der Waals surface area contributed by atoms with Gasteiger partial charge in [0.15, 0.2) is 5.78 Å². The van der Waals surface area contributed by atoms with Crippen molar-refractivity contribution in [3.63, 3.8) is 0 Å². The molecule has 0 radical (unpaired) electrons. The molecule has 0 aromatic heterocycles. The third-order valence-electron chi connectivity index (χ3n) is 3.46. The van der Waals surface area contributed by atoms with Crippen LogP contribution in [-0.2, 0) is 0 Å². The van der Waals surface area contributed by atoms with Crippen LogP contribution in [-0.4, -0.2) is 25.6 Å². The number of Topliss-reactive ketones (excluding diaryl/α,β-unsaturated/α-hetero) is 1. The highest BCUT2D eigenvalue weighted by Crippen LogP contribution is 2.44. The van der Waals surface area contributed by atoms with Crippen molar-refractivity contribution < 1.29 is 19.0 Å². The molecule has 0 atom stereocenters. The van der Waals surface area contributed by atoms with E-state index in [0.29, 0.717) is 29.2 Å². The second-order valence-corrected chi connectivity index (χ2v) is 5.61. The minimum Gasteiger partial charge on any atom is -0.496 e. The lowest BCUT2D eigenvalue weighted by Gasteiger charge is -2.30. The Hall–Kier alpha value is -1.97. The highest BCUT2D eigenvalue weighted by Gasteiger charge is 2.31. The van der Waals surface area contributed by atoms with Gasteiger partial charge in [-0.3, -0.25) is 4.79 Å². The van der Waals surface area contributed by atoms with Crippen LogP contribution in [0.3, 0.4) is 0 Å². The summed E-state index contributed by atoms with van der Waals surface area (Å²) in [7, 11) is 3.14. The van der Waals surface area contributed by atoms with Crippen LogP contribution in [0.1, 0.15) is 49.5 Å². The Morgan fingerprint density at radius 3 is 2.48 bits per heavy atom. The quantitative estimate of drug-likeness (QED) is 0.772. The van der Waals surface area contributed by atoms with Crippen molar-refractivity contribution >= 4 is 11.9 Å². The van der Waals surface area contributed by atoms with Crippen molar-refractivity contribution in [1.82, 2.24) is 0 Å². The number of rotatable bonds is 5. The predicted molar refractivity (Wildman–Crippen MR) is 82.5 cm³/mol. The molecule has 0 saturated carbocycles. The minimum atomic E-state index is -0.467. The smallest absolute Gasteiger partial charge is 0.170 e. The largest absolute Gasteiger partial charge is 0.496 e. The van der Waals surface area contributed by atoms with Gasteiger partial charge in [0.05, 0.1) is 19.8 Å². The molecule has 1 aromatic rings. The summed E-state index contributed by atoms with van der Waals surface area (Å²) in [5.41, 5.74) is 0.829. The number of methoxy groups -OCH3 is 2. The molecular formula is C17H22O4. The molecule has 4 nitrogen and oxygen atoms in total. The lowest BCUT2D eigenvalue weighted by molar-refractivity contribution is 0.0964. The average Bonchev–Trinajstić information content (AvgIpc) is 2.44. The zero-order chi connectivity index (χ0) is 15.6. The highest BCUT2D eigenvalue weighted by molar-refractivity contribution is 6.03.